The van der Waals surface area contributed by atoms with E-state index in [9.17, 15) is 13.2 Å². The summed E-state index contributed by atoms with van der Waals surface area (Å²) < 4.78 is 27.7. The van der Waals surface area contributed by atoms with Gasteiger partial charge in [0.1, 0.15) is 5.82 Å². The van der Waals surface area contributed by atoms with E-state index in [1.54, 1.807) is 22.5 Å². The second-order valence-corrected chi connectivity index (χ2v) is 11.1. The fraction of sp³-hybridized carbons (Fsp3) is 0.385. The van der Waals surface area contributed by atoms with Crippen LogP contribution in [0.15, 0.2) is 65.6 Å². The molecule has 1 atom stereocenters. The minimum Gasteiger partial charge on any atom is -0.356 e. The number of carbonyl (C=O) groups is 1. The van der Waals surface area contributed by atoms with Gasteiger partial charge in [0.25, 0.3) is 0 Å². The summed E-state index contributed by atoms with van der Waals surface area (Å²) in [5.74, 6) is 0.740. The zero-order valence-corrected chi connectivity index (χ0v) is 20.0. The maximum Gasteiger partial charge on any atom is 0.243 e. The van der Waals surface area contributed by atoms with Crippen molar-refractivity contribution in [3.63, 3.8) is 0 Å². The Labute approximate surface area is 200 Å². The first-order valence-electron chi connectivity index (χ1n) is 12.0. The van der Waals surface area contributed by atoms with Gasteiger partial charge in [-0.2, -0.15) is 4.31 Å². The molecule has 3 heterocycles. The number of pyridine rings is 1. The van der Waals surface area contributed by atoms with Crippen molar-refractivity contribution >= 4 is 38.3 Å². The Kier molecular flexibility index (Phi) is 6.52. The number of aromatic nitrogens is 1. The molecule has 2 fully saturated rings. The molecule has 7 nitrogen and oxygen atoms in total. The lowest BCUT2D eigenvalue weighted by Gasteiger charge is -2.33. The summed E-state index contributed by atoms with van der Waals surface area (Å²) in [5, 5.41) is 3.82. The minimum atomic E-state index is -3.48. The van der Waals surface area contributed by atoms with Crippen LogP contribution in [0.3, 0.4) is 0 Å². The van der Waals surface area contributed by atoms with Crippen LogP contribution in [0.25, 0.3) is 10.9 Å². The molecule has 0 radical (unpaired) electrons. The molecule has 2 saturated heterocycles. The van der Waals surface area contributed by atoms with Crippen LogP contribution >= 0.6 is 0 Å². The highest BCUT2D eigenvalue weighted by Gasteiger charge is 2.28. The van der Waals surface area contributed by atoms with Gasteiger partial charge >= 0.3 is 0 Å². The van der Waals surface area contributed by atoms with Crippen LogP contribution in [0.4, 0.5) is 11.5 Å². The van der Waals surface area contributed by atoms with Crippen molar-refractivity contribution in [2.45, 2.75) is 37.0 Å². The molecular weight excluding hydrogens is 448 g/mol. The SMILES string of the molecule is O=C(Nc1ccccc1)[C@H]1CCCN(c2ccc3cc(S(=O)(=O)N4CCCCC4)ccc3n2)C1. The molecule has 2 aliphatic rings. The molecule has 1 aromatic heterocycles. The number of amides is 1. The molecule has 0 unspecified atom stereocenters. The van der Waals surface area contributed by atoms with Crippen LogP contribution in [-0.4, -0.2) is 49.8 Å². The average molecular weight is 479 g/mol. The normalized spacial score (nSPS) is 19.8. The van der Waals surface area contributed by atoms with Crippen molar-refractivity contribution in [1.29, 1.82) is 0 Å². The zero-order chi connectivity index (χ0) is 23.5. The van der Waals surface area contributed by atoms with E-state index in [-0.39, 0.29) is 11.8 Å². The van der Waals surface area contributed by atoms with Gasteiger partial charge in [0.05, 0.1) is 16.3 Å². The van der Waals surface area contributed by atoms with Gasteiger partial charge in [-0.05, 0) is 68.1 Å². The molecule has 0 aliphatic carbocycles. The number of anilines is 2. The monoisotopic (exact) mass is 478 g/mol. The Bertz CT molecular complexity index is 1270. The van der Waals surface area contributed by atoms with Crippen LogP contribution in [0.2, 0.25) is 0 Å². The highest BCUT2D eigenvalue weighted by molar-refractivity contribution is 7.89. The van der Waals surface area contributed by atoms with Crippen LogP contribution in [0.1, 0.15) is 32.1 Å². The Morgan fingerprint density at radius 1 is 0.912 bits per heavy atom. The van der Waals surface area contributed by atoms with Crippen molar-refractivity contribution in [2.75, 3.05) is 36.4 Å². The number of carbonyl (C=O) groups excluding carboxylic acids is 1. The summed E-state index contributed by atoms with van der Waals surface area (Å²) in [6, 6.07) is 18.6. The third-order valence-electron chi connectivity index (χ3n) is 6.76. The van der Waals surface area contributed by atoms with E-state index in [1.165, 1.54) is 0 Å². The van der Waals surface area contributed by atoms with Crippen molar-refractivity contribution in [2.24, 2.45) is 5.92 Å². The van der Waals surface area contributed by atoms with Gasteiger partial charge in [-0.1, -0.05) is 24.6 Å². The van der Waals surface area contributed by atoms with Crippen LogP contribution in [0, 0.1) is 5.92 Å². The average Bonchev–Trinajstić information content (AvgIpc) is 2.89. The lowest BCUT2D eigenvalue weighted by Crippen LogP contribution is -2.41. The maximum absolute atomic E-state index is 13.0. The van der Waals surface area contributed by atoms with E-state index in [4.69, 9.17) is 4.98 Å². The van der Waals surface area contributed by atoms with Crippen LogP contribution in [0.5, 0.6) is 0 Å². The first-order chi connectivity index (χ1) is 16.5. The third-order valence-corrected chi connectivity index (χ3v) is 8.65. The number of fused-ring (bicyclic) bond motifs is 1. The predicted octanol–water partition coefficient (Wildman–Crippen LogP) is 4.26. The summed E-state index contributed by atoms with van der Waals surface area (Å²) in [7, 11) is -3.48. The Morgan fingerprint density at radius 3 is 2.50 bits per heavy atom. The van der Waals surface area contributed by atoms with Gasteiger partial charge < -0.3 is 10.2 Å². The molecule has 0 spiro atoms. The van der Waals surface area contributed by atoms with Crippen molar-refractivity contribution in [1.82, 2.24) is 9.29 Å². The highest BCUT2D eigenvalue weighted by atomic mass is 32.2. The van der Waals surface area contributed by atoms with E-state index in [0.717, 1.165) is 61.1 Å². The summed E-state index contributed by atoms with van der Waals surface area (Å²) >= 11 is 0. The number of piperidine rings is 2. The van der Waals surface area contributed by atoms with E-state index < -0.39 is 10.0 Å². The second kappa shape index (κ2) is 9.72. The summed E-state index contributed by atoms with van der Waals surface area (Å²) in [4.78, 5) is 20.1. The largest absolute Gasteiger partial charge is 0.356 e. The standard InChI is InChI=1S/C26H30N4O3S/c31-26(27-22-9-3-1-4-10-22)21-8-7-15-29(19-21)25-14-11-20-18-23(12-13-24(20)28-25)34(32,33)30-16-5-2-6-17-30/h1,3-4,9-14,18,21H,2,5-8,15-17,19H2,(H,27,31)/t21-/m0/s1. The topological polar surface area (TPSA) is 82.6 Å². The smallest absolute Gasteiger partial charge is 0.243 e. The number of nitrogens with zero attached hydrogens (tertiary/aromatic N) is 3. The Morgan fingerprint density at radius 2 is 1.71 bits per heavy atom. The van der Waals surface area contributed by atoms with Crippen LogP contribution < -0.4 is 10.2 Å². The maximum atomic E-state index is 13.0. The van der Waals surface area contributed by atoms with E-state index in [0.29, 0.717) is 24.5 Å². The molecule has 1 amide bonds. The highest BCUT2D eigenvalue weighted by Crippen LogP contribution is 2.27. The number of nitrogens with one attached hydrogen (secondary N) is 1. The van der Waals surface area contributed by atoms with E-state index >= 15 is 0 Å². The third kappa shape index (κ3) is 4.79. The molecule has 178 valence electrons. The molecule has 5 rings (SSSR count). The molecule has 0 bridgehead atoms. The molecule has 2 aromatic carbocycles. The van der Waals surface area contributed by atoms with Crippen molar-refractivity contribution in [3.8, 4) is 0 Å². The van der Waals surface area contributed by atoms with Gasteiger partial charge in [-0.15, -0.1) is 0 Å². The molecule has 3 aromatic rings. The first-order valence-corrected chi connectivity index (χ1v) is 13.5. The quantitative estimate of drug-likeness (QED) is 0.592. The van der Waals surface area contributed by atoms with E-state index in [2.05, 4.69) is 10.2 Å². The van der Waals surface area contributed by atoms with Crippen LogP contribution in [-0.2, 0) is 14.8 Å². The van der Waals surface area contributed by atoms with Crippen molar-refractivity contribution in [3.05, 3.63) is 60.7 Å². The van der Waals surface area contributed by atoms with Gasteiger partial charge in [-0.3, -0.25) is 4.79 Å². The predicted molar refractivity (Wildman–Crippen MR) is 134 cm³/mol. The molecule has 2 aliphatic heterocycles. The number of benzene rings is 2. The van der Waals surface area contributed by atoms with Gasteiger partial charge in [-0.25, -0.2) is 13.4 Å². The summed E-state index contributed by atoms with van der Waals surface area (Å²) in [5.41, 5.74) is 1.56. The number of hydrogen-bond donors (Lipinski definition) is 1. The number of sulfonamides is 1. The number of para-hydroxylation sites is 1. The molecule has 0 saturated carbocycles. The Hall–Kier alpha value is -2.97. The second-order valence-electron chi connectivity index (χ2n) is 9.13. The Balaban J connectivity index is 1.32. The molecule has 8 heteroatoms. The first kappa shape index (κ1) is 22.8. The molecular formula is C26H30N4O3S. The van der Waals surface area contributed by atoms with Gasteiger partial charge in [0.15, 0.2) is 0 Å². The number of rotatable bonds is 5. The summed E-state index contributed by atoms with van der Waals surface area (Å²) in [6.45, 7) is 2.63. The van der Waals surface area contributed by atoms with Gasteiger partial charge in [0.2, 0.25) is 15.9 Å². The van der Waals surface area contributed by atoms with E-state index in [1.807, 2.05) is 42.5 Å². The lowest BCUT2D eigenvalue weighted by atomic mass is 9.97. The summed E-state index contributed by atoms with van der Waals surface area (Å²) in [6.07, 6.45) is 4.68. The molecule has 1 N–H and O–H groups in total. The zero-order valence-electron chi connectivity index (χ0n) is 19.2. The van der Waals surface area contributed by atoms with Gasteiger partial charge in [0, 0.05) is 37.3 Å². The number of hydrogen-bond acceptors (Lipinski definition) is 5. The van der Waals surface area contributed by atoms with Crippen molar-refractivity contribution < 1.29 is 13.2 Å². The molecule has 34 heavy (non-hydrogen) atoms. The lowest BCUT2D eigenvalue weighted by molar-refractivity contribution is -0.120. The fourth-order valence-electron chi connectivity index (χ4n) is 4.85. The minimum absolute atomic E-state index is 0.0317. The fourth-order valence-corrected chi connectivity index (χ4v) is 6.40.